The van der Waals surface area contributed by atoms with E-state index >= 15 is 0 Å². The van der Waals surface area contributed by atoms with E-state index in [1.807, 2.05) is 13.0 Å². The maximum absolute atomic E-state index is 5.20. The Balaban J connectivity index is 2.02. The van der Waals surface area contributed by atoms with Crippen molar-refractivity contribution in [2.45, 2.75) is 6.92 Å². The van der Waals surface area contributed by atoms with Gasteiger partial charge in [0.15, 0.2) is 0 Å². The van der Waals surface area contributed by atoms with Crippen LogP contribution in [0.5, 0.6) is 0 Å². The summed E-state index contributed by atoms with van der Waals surface area (Å²) in [5.41, 5.74) is 0.953. The lowest BCUT2D eigenvalue weighted by Crippen LogP contribution is -2.44. The van der Waals surface area contributed by atoms with Crippen LogP contribution < -0.4 is 4.90 Å². The summed E-state index contributed by atoms with van der Waals surface area (Å²) in [7, 11) is 2.14. The Hall–Kier alpha value is -1.03. The lowest BCUT2D eigenvalue weighted by Gasteiger charge is -2.31. The smallest absolute Gasteiger partial charge is 0.227 e. The van der Waals surface area contributed by atoms with Crippen LogP contribution in [-0.4, -0.2) is 43.3 Å². The molecule has 1 aromatic heterocycles. The standard InChI is InChI=1S/C9H15N3O/c1-8-7-9(13-10-8)12-5-3-11(2)4-6-12/h7H,3-6H2,1-2H3. The largest absolute Gasteiger partial charge is 0.338 e. The van der Waals surface area contributed by atoms with Crippen molar-refractivity contribution in [2.24, 2.45) is 0 Å². The second-order valence-electron chi connectivity index (χ2n) is 3.60. The Morgan fingerprint density at radius 3 is 2.54 bits per heavy atom. The maximum atomic E-state index is 5.20. The zero-order chi connectivity index (χ0) is 9.26. The summed E-state index contributed by atoms with van der Waals surface area (Å²) in [4.78, 5) is 4.56. The van der Waals surface area contributed by atoms with Crippen LogP contribution in [0.4, 0.5) is 5.88 Å². The normalized spacial score (nSPS) is 19.4. The van der Waals surface area contributed by atoms with E-state index in [1.54, 1.807) is 0 Å². The molecule has 0 bridgehead atoms. The van der Waals surface area contributed by atoms with Crippen LogP contribution in [0.2, 0.25) is 0 Å². The molecule has 0 saturated carbocycles. The van der Waals surface area contributed by atoms with E-state index in [1.165, 1.54) is 0 Å². The van der Waals surface area contributed by atoms with Crippen molar-refractivity contribution in [2.75, 3.05) is 38.1 Å². The molecule has 4 nitrogen and oxygen atoms in total. The fourth-order valence-electron chi connectivity index (χ4n) is 1.53. The second-order valence-corrected chi connectivity index (χ2v) is 3.60. The van der Waals surface area contributed by atoms with Crippen LogP contribution in [0, 0.1) is 6.92 Å². The molecule has 4 heteroatoms. The Morgan fingerprint density at radius 1 is 1.31 bits per heavy atom. The Kier molecular flexibility index (Phi) is 2.22. The lowest BCUT2D eigenvalue weighted by atomic mass is 10.3. The Labute approximate surface area is 78.1 Å². The number of hydrogen-bond donors (Lipinski definition) is 0. The highest BCUT2D eigenvalue weighted by Gasteiger charge is 2.16. The third-order valence-electron chi connectivity index (χ3n) is 2.43. The van der Waals surface area contributed by atoms with Crippen LogP contribution in [0.1, 0.15) is 5.69 Å². The summed E-state index contributed by atoms with van der Waals surface area (Å²) >= 11 is 0. The minimum Gasteiger partial charge on any atom is -0.338 e. The average molecular weight is 181 g/mol. The number of likely N-dealkylation sites (N-methyl/N-ethyl adjacent to an activating group) is 1. The number of anilines is 1. The van der Waals surface area contributed by atoms with Gasteiger partial charge in [-0.3, -0.25) is 0 Å². The molecule has 0 amide bonds. The molecule has 1 aliphatic heterocycles. The molecule has 0 aliphatic carbocycles. The number of piperazine rings is 1. The van der Waals surface area contributed by atoms with Crippen molar-refractivity contribution in [1.82, 2.24) is 10.1 Å². The van der Waals surface area contributed by atoms with E-state index in [0.29, 0.717) is 0 Å². The van der Waals surface area contributed by atoms with E-state index in [9.17, 15) is 0 Å². The number of hydrogen-bond acceptors (Lipinski definition) is 4. The predicted molar refractivity (Wildman–Crippen MR) is 51.0 cm³/mol. The molecule has 1 aromatic rings. The van der Waals surface area contributed by atoms with Crippen molar-refractivity contribution >= 4 is 5.88 Å². The minimum absolute atomic E-state index is 0.908. The van der Waals surface area contributed by atoms with Gasteiger partial charge >= 0.3 is 0 Å². The van der Waals surface area contributed by atoms with Gasteiger partial charge in [0.2, 0.25) is 5.88 Å². The molecule has 0 aromatic carbocycles. The highest BCUT2D eigenvalue weighted by atomic mass is 16.5. The summed E-state index contributed by atoms with van der Waals surface area (Å²) in [5.74, 6) is 0.908. The van der Waals surface area contributed by atoms with Crippen molar-refractivity contribution in [1.29, 1.82) is 0 Å². The first-order valence-electron chi connectivity index (χ1n) is 4.62. The molecule has 0 radical (unpaired) electrons. The van der Waals surface area contributed by atoms with Gasteiger partial charge in [-0.2, -0.15) is 0 Å². The number of rotatable bonds is 1. The first kappa shape index (κ1) is 8.56. The monoisotopic (exact) mass is 181 g/mol. The van der Waals surface area contributed by atoms with Gasteiger partial charge in [0.05, 0.1) is 5.69 Å². The van der Waals surface area contributed by atoms with Crippen LogP contribution in [0.25, 0.3) is 0 Å². The molecular formula is C9H15N3O. The van der Waals surface area contributed by atoms with Crippen molar-refractivity contribution in [3.63, 3.8) is 0 Å². The number of aryl methyl sites for hydroxylation is 1. The van der Waals surface area contributed by atoms with E-state index < -0.39 is 0 Å². The van der Waals surface area contributed by atoms with Gasteiger partial charge in [-0.05, 0) is 14.0 Å². The van der Waals surface area contributed by atoms with Gasteiger partial charge in [0, 0.05) is 32.2 Å². The van der Waals surface area contributed by atoms with E-state index in [0.717, 1.165) is 37.8 Å². The summed E-state index contributed by atoms with van der Waals surface area (Å²) in [6, 6.07) is 1.99. The summed E-state index contributed by atoms with van der Waals surface area (Å²) in [5, 5.41) is 3.88. The first-order valence-corrected chi connectivity index (χ1v) is 4.62. The summed E-state index contributed by atoms with van der Waals surface area (Å²) in [6.07, 6.45) is 0. The molecule has 13 heavy (non-hydrogen) atoms. The van der Waals surface area contributed by atoms with E-state index in [4.69, 9.17) is 4.52 Å². The van der Waals surface area contributed by atoms with E-state index in [2.05, 4.69) is 22.0 Å². The van der Waals surface area contributed by atoms with Gasteiger partial charge in [0.25, 0.3) is 0 Å². The minimum atomic E-state index is 0.908. The number of aromatic nitrogens is 1. The van der Waals surface area contributed by atoms with Gasteiger partial charge in [-0.25, -0.2) is 0 Å². The fraction of sp³-hybridized carbons (Fsp3) is 0.667. The molecule has 2 rings (SSSR count). The molecule has 0 N–H and O–H groups in total. The van der Waals surface area contributed by atoms with Gasteiger partial charge in [-0.1, -0.05) is 5.16 Å². The molecule has 2 heterocycles. The maximum Gasteiger partial charge on any atom is 0.227 e. The molecular weight excluding hydrogens is 166 g/mol. The fourth-order valence-corrected chi connectivity index (χ4v) is 1.53. The highest BCUT2D eigenvalue weighted by molar-refractivity contribution is 5.36. The topological polar surface area (TPSA) is 32.5 Å². The Bertz CT molecular complexity index is 276. The van der Waals surface area contributed by atoms with E-state index in [-0.39, 0.29) is 0 Å². The molecule has 0 spiro atoms. The van der Waals surface area contributed by atoms with Crippen molar-refractivity contribution < 1.29 is 4.52 Å². The summed E-state index contributed by atoms with van der Waals surface area (Å²) < 4.78 is 5.20. The Morgan fingerprint density at radius 2 is 2.00 bits per heavy atom. The van der Waals surface area contributed by atoms with Gasteiger partial charge in [0.1, 0.15) is 0 Å². The highest BCUT2D eigenvalue weighted by Crippen LogP contribution is 2.16. The molecule has 0 unspecified atom stereocenters. The van der Waals surface area contributed by atoms with Gasteiger partial charge < -0.3 is 14.3 Å². The molecule has 1 saturated heterocycles. The second kappa shape index (κ2) is 3.38. The molecule has 72 valence electrons. The number of nitrogens with zero attached hydrogens (tertiary/aromatic N) is 3. The van der Waals surface area contributed by atoms with Crippen LogP contribution in [0.15, 0.2) is 10.6 Å². The first-order chi connectivity index (χ1) is 6.25. The van der Waals surface area contributed by atoms with Crippen molar-refractivity contribution in [3.8, 4) is 0 Å². The van der Waals surface area contributed by atoms with Crippen molar-refractivity contribution in [3.05, 3.63) is 11.8 Å². The zero-order valence-corrected chi connectivity index (χ0v) is 8.16. The zero-order valence-electron chi connectivity index (χ0n) is 8.16. The van der Waals surface area contributed by atoms with Gasteiger partial charge in [-0.15, -0.1) is 0 Å². The van der Waals surface area contributed by atoms with Crippen LogP contribution >= 0.6 is 0 Å². The quantitative estimate of drug-likeness (QED) is 0.639. The molecule has 1 fully saturated rings. The lowest BCUT2D eigenvalue weighted by molar-refractivity contribution is 0.300. The molecule has 0 atom stereocenters. The summed E-state index contributed by atoms with van der Waals surface area (Å²) in [6.45, 7) is 6.21. The third kappa shape index (κ3) is 1.83. The van der Waals surface area contributed by atoms with Crippen LogP contribution in [0.3, 0.4) is 0 Å². The SMILES string of the molecule is Cc1cc(N2CCN(C)CC2)on1. The predicted octanol–water partition coefficient (Wildman–Crippen LogP) is 0.735. The molecule has 1 aliphatic rings. The average Bonchev–Trinajstić information content (AvgIpc) is 2.53. The van der Waals surface area contributed by atoms with Crippen LogP contribution in [-0.2, 0) is 0 Å². The third-order valence-corrected chi connectivity index (χ3v) is 2.43.